The first-order chi connectivity index (χ1) is 7.33. The summed E-state index contributed by atoms with van der Waals surface area (Å²) in [4.78, 5) is 0. The van der Waals surface area contributed by atoms with Crippen molar-refractivity contribution in [1.82, 2.24) is 5.32 Å². The first-order valence-corrected chi connectivity index (χ1v) is 6.97. The van der Waals surface area contributed by atoms with Crippen LogP contribution in [0.1, 0.15) is 12.8 Å². The fourth-order valence-electron chi connectivity index (χ4n) is 1.58. The monoisotopic (exact) mass is 235 g/mol. The third-order valence-corrected chi connectivity index (χ3v) is 3.88. The Morgan fingerprint density at radius 2 is 2.00 bits per heavy atom. The largest absolute Gasteiger partial charge is 0.382 e. The zero-order valence-electron chi connectivity index (χ0n) is 9.37. The van der Waals surface area contributed by atoms with Gasteiger partial charge in [0.05, 0.1) is 19.8 Å². The third-order valence-electron chi connectivity index (χ3n) is 2.50. The first kappa shape index (κ1) is 13.1. The maximum absolute atomic E-state index is 11.1. The van der Waals surface area contributed by atoms with E-state index in [2.05, 4.69) is 5.32 Å². The third kappa shape index (κ3) is 6.25. The van der Waals surface area contributed by atoms with Crippen LogP contribution < -0.4 is 5.32 Å². The lowest BCUT2D eigenvalue weighted by Gasteiger charge is -2.22. The second kappa shape index (κ2) is 8.21. The molecule has 0 aromatic carbocycles. The summed E-state index contributed by atoms with van der Waals surface area (Å²) in [5, 5.41) is 3.42. The average Bonchev–Trinajstić information content (AvgIpc) is 2.26. The van der Waals surface area contributed by atoms with Gasteiger partial charge in [-0.05, 0) is 12.8 Å². The molecule has 0 aromatic heterocycles. The van der Waals surface area contributed by atoms with E-state index in [9.17, 15) is 4.21 Å². The van der Waals surface area contributed by atoms with Crippen LogP contribution in [-0.4, -0.2) is 55.2 Å². The van der Waals surface area contributed by atoms with Crippen LogP contribution in [0.5, 0.6) is 0 Å². The van der Waals surface area contributed by atoms with Crippen molar-refractivity contribution < 1.29 is 13.7 Å². The fourth-order valence-corrected chi connectivity index (χ4v) is 2.88. The van der Waals surface area contributed by atoms with Crippen LogP contribution in [0, 0.1) is 0 Å². The maximum atomic E-state index is 11.1. The number of hydrogen-bond donors (Lipinski definition) is 1. The smallest absolute Gasteiger partial charge is 0.0700 e. The zero-order chi connectivity index (χ0) is 10.9. The molecule has 0 atom stereocenters. The molecule has 0 saturated carbocycles. The van der Waals surface area contributed by atoms with Gasteiger partial charge < -0.3 is 14.8 Å². The molecule has 0 amide bonds. The van der Waals surface area contributed by atoms with Crippen LogP contribution in [0.2, 0.25) is 0 Å². The maximum Gasteiger partial charge on any atom is 0.0700 e. The van der Waals surface area contributed by atoms with Crippen LogP contribution in [-0.2, 0) is 20.3 Å². The molecular weight excluding hydrogens is 214 g/mol. The Morgan fingerprint density at radius 1 is 1.27 bits per heavy atom. The van der Waals surface area contributed by atoms with Gasteiger partial charge in [0.2, 0.25) is 0 Å². The van der Waals surface area contributed by atoms with E-state index in [4.69, 9.17) is 9.47 Å². The molecule has 1 heterocycles. The van der Waals surface area contributed by atoms with Gasteiger partial charge >= 0.3 is 0 Å². The van der Waals surface area contributed by atoms with Gasteiger partial charge in [0.15, 0.2) is 0 Å². The van der Waals surface area contributed by atoms with Crippen molar-refractivity contribution >= 4 is 10.8 Å². The molecule has 1 aliphatic heterocycles. The molecule has 15 heavy (non-hydrogen) atoms. The minimum atomic E-state index is -0.560. The Labute approximate surface area is 94.2 Å². The van der Waals surface area contributed by atoms with E-state index in [1.807, 2.05) is 0 Å². The molecule has 1 fully saturated rings. The summed E-state index contributed by atoms with van der Waals surface area (Å²) in [6, 6.07) is 0.536. The quantitative estimate of drug-likeness (QED) is 0.638. The number of nitrogens with one attached hydrogen (secondary N) is 1. The highest BCUT2D eigenvalue weighted by Gasteiger charge is 2.16. The lowest BCUT2D eigenvalue weighted by molar-refractivity contribution is 0.0709. The van der Waals surface area contributed by atoms with Crippen molar-refractivity contribution in [3.05, 3.63) is 0 Å². The molecular formula is C10H21NO3S. The van der Waals surface area contributed by atoms with Crippen molar-refractivity contribution in [3.8, 4) is 0 Å². The van der Waals surface area contributed by atoms with E-state index >= 15 is 0 Å². The molecule has 0 unspecified atom stereocenters. The lowest BCUT2D eigenvalue weighted by atomic mass is 10.1. The predicted molar refractivity (Wildman–Crippen MR) is 61.6 cm³/mol. The van der Waals surface area contributed by atoms with Gasteiger partial charge in [0.25, 0.3) is 0 Å². The van der Waals surface area contributed by atoms with E-state index in [1.54, 1.807) is 7.11 Å². The summed E-state index contributed by atoms with van der Waals surface area (Å²) in [5.74, 6) is 1.70. The Balaban J connectivity index is 1.89. The van der Waals surface area contributed by atoms with Crippen molar-refractivity contribution in [2.45, 2.75) is 18.9 Å². The molecule has 0 radical (unpaired) electrons. The van der Waals surface area contributed by atoms with Gasteiger partial charge in [-0.1, -0.05) is 0 Å². The van der Waals surface area contributed by atoms with E-state index in [0.717, 1.165) is 37.5 Å². The lowest BCUT2D eigenvalue weighted by Crippen LogP contribution is -2.37. The summed E-state index contributed by atoms with van der Waals surface area (Å²) in [6.45, 7) is 2.92. The number of rotatable bonds is 7. The summed E-state index contributed by atoms with van der Waals surface area (Å²) < 4.78 is 21.3. The molecule has 1 aliphatic rings. The second-order valence-corrected chi connectivity index (χ2v) is 5.38. The molecule has 0 aromatic rings. The normalized spacial score (nSPS) is 26.7. The van der Waals surface area contributed by atoms with Gasteiger partial charge in [-0.25, -0.2) is 0 Å². The van der Waals surface area contributed by atoms with E-state index in [1.165, 1.54) is 0 Å². The summed E-state index contributed by atoms with van der Waals surface area (Å²) in [6.07, 6.45) is 2.06. The Kier molecular flexibility index (Phi) is 7.17. The van der Waals surface area contributed by atoms with Crippen LogP contribution in [0.3, 0.4) is 0 Å². The fraction of sp³-hybridized carbons (Fsp3) is 1.00. The minimum absolute atomic E-state index is 0.536. The molecule has 0 spiro atoms. The summed E-state index contributed by atoms with van der Waals surface area (Å²) in [5.41, 5.74) is 0. The zero-order valence-corrected chi connectivity index (χ0v) is 10.2. The van der Waals surface area contributed by atoms with Gasteiger partial charge in [-0.15, -0.1) is 0 Å². The highest BCUT2D eigenvalue weighted by Crippen LogP contribution is 2.08. The Morgan fingerprint density at radius 3 is 2.67 bits per heavy atom. The topological polar surface area (TPSA) is 47.6 Å². The first-order valence-electron chi connectivity index (χ1n) is 5.48. The molecule has 0 aliphatic carbocycles. The molecule has 90 valence electrons. The van der Waals surface area contributed by atoms with E-state index in [0.29, 0.717) is 19.3 Å². The molecule has 5 heteroatoms. The summed E-state index contributed by atoms with van der Waals surface area (Å²) >= 11 is 0. The van der Waals surface area contributed by atoms with E-state index in [-0.39, 0.29) is 0 Å². The van der Waals surface area contributed by atoms with Gasteiger partial charge in [0.1, 0.15) is 0 Å². The summed E-state index contributed by atoms with van der Waals surface area (Å²) in [7, 11) is 1.11. The molecule has 1 N–H and O–H groups in total. The Hall–Kier alpha value is 0.0300. The molecule has 4 nitrogen and oxygen atoms in total. The minimum Gasteiger partial charge on any atom is -0.382 e. The van der Waals surface area contributed by atoms with Crippen LogP contribution in [0.25, 0.3) is 0 Å². The highest BCUT2D eigenvalue weighted by molar-refractivity contribution is 7.85. The molecule has 1 saturated heterocycles. The predicted octanol–water partition coefficient (Wildman–Crippen LogP) is 0.150. The van der Waals surface area contributed by atoms with Gasteiger partial charge in [0, 0.05) is 42.0 Å². The van der Waals surface area contributed by atoms with Crippen LogP contribution in [0.15, 0.2) is 0 Å². The van der Waals surface area contributed by atoms with Crippen molar-refractivity contribution in [3.63, 3.8) is 0 Å². The molecule has 1 rings (SSSR count). The van der Waals surface area contributed by atoms with Crippen molar-refractivity contribution in [2.24, 2.45) is 0 Å². The van der Waals surface area contributed by atoms with Crippen molar-refractivity contribution in [1.29, 1.82) is 0 Å². The van der Waals surface area contributed by atoms with Crippen molar-refractivity contribution in [2.75, 3.05) is 45.0 Å². The number of methoxy groups -OCH3 is 1. The number of hydrogen-bond acceptors (Lipinski definition) is 4. The SMILES string of the molecule is COCCOCCNC1CCS(=O)CC1. The van der Waals surface area contributed by atoms with Crippen LogP contribution in [0.4, 0.5) is 0 Å². The van der Waals surface area contributed by atoms with Gasteiger partial charge in [-0.2, -0.15) is 0 Å². The number of ether oxygens (including phenoxy) is 2. The van der Waals surface area contributed by atoms with Gasteiger partial charge in [-0.3, -0.25) is 4.21 Å². The van der Waals surface area contributed by atoms with Crippen LogP contribution >= 0.6 is 0 Å². The molecule has 0 bridgehead atoms. The highest BCUT2D eigenvalue weighted by atomic mass is 32.2. The second-order valence-electron chi connectivity index (χ2n) is 3.68. The van der Waals surface area contributed by atoms with E-state index < -0.39 is 10.8 Å². The standard InChI is InChI=1S/C10H21NO3S/c1-13-6-7-14-5-4-11-10-2-8-15(12)9-3-10/h10-11H,2-9H2,1H3. The average molecular weight is 235 g/mol. The Bertz CT molecular complexity index is 180.